The highest BCUT2D eigenvalue weighted by atomic mass is 19.3. The first-order chi connectivity index (χ1) is 12.4. The molecule has 3 aliphatic rings. The number of nitro groups is 1. The van der Waals surface area contributed by atoms with Crippen LogP contribution in [0.1, 0.15) is 12.8 Å². The lowest BCUT2D eigenvalue weighted by Gasteiger charge is -2.18. The van der Waals surface area contributed by atoms with Crippen molar-refractivity contribution in [2.24, 2.45) is 11.8 Å². The van der Waals surface area contributed by atoms with E-state index in [2.05, 4.69) is 0 Å². The summed E-state index contributed by atoms with van der Waals surface area (Å²) in [4.78, 5) is 36.8. The van der Waals surface area contributed by atoms with E-state index in [1.54, 1.807) is 0 Å². The van der Waals surface area contributed by atoms with E-state index in [1.807, 2.05) is 0 Å². The minimum Gasteiger partial charge on any atom is -0.487 e. The van der Waals surface area contributed by atoms with Crippen LogP contribution in [-0.2, 0) is 14.3 Å². The molecule has 0 radical (unpaired) electrons. The number of carbonyl (C=O) groups excluding carboxylic acids is 2. The molecule has 3 saturated heterocycles. The van der Waals surface area contributed by atoms with Crippen molar-refractivity contribution in [1.29, 1.82) is 0 Å². The Bertz CT molecular complexity index is 773. The minimum atomic E-state index is -2.76. The van der Waals surface area contributed by atoms with Crippen LogP contribution in [0.4, 0.5) is 20.2 Å². The van der Waals surface area contributed by atoms with Gasteiger partial charge in [0.05, 0.1) is 40.7 Å². The average Bonchev–Trinajstić information content (AvgIpc) is 3.26. The van der Waals surface area contributed by atoms with Crippen molar-refractivity contribution in [3.63, 3.8) is 0 Å². The third-order valence-corrected chi connectivity index (χ3v) is 5.01. The number of carbonyl (C=O) groups is 2. The molecule has 3 fully saturated rings. The summed E-state index contributed by atoms with van der Waals surface area (Å²) < 4.78 is 35.2. The van der Waals surface area contributed by atoms with Crippen molar-refractivity contribution >= 4 is 23.2 Å². The van der Waals surface area contributed by atoms with E-state index in [9.17, 15) is 28.5 Å². The summed E-state index contributed by atoms with van der Waals surface area (Å²) in [6.45, 7) is -0.953. The van der Waals surface area contributed by atoms with Gasteiger partial charge in [0.2, 0.25) is 11.8 Å². The second-order valence-corrected chi connectivity index (χ2v) is 6.50. The smallest absolute Gasteiger partial charge is 0.275 e. The second-order valence-electron chi connectivity index (χ2n) is 6.50. The first kappa shape index (κ1) is 16.8. The first-order valence-electron chi connectivity index (χ1n) is 8.10. The molecular weight excluding hydrogens is 354 g/mol. The van der Waals surface area contributed by atoms with Gasteiger partial charge >= 0.3 is 0 Å². The number of non-ortho nitro benzene ring substituents is 1. The van der Waals surface area contributed by atoms with Crippen LogP contribution in [0.2, 0.25) is 0 Å². The van der Waals surface area contributed by atoms with Crippen LogP contribution < -0.4 is 9.64 Å². The van der Waals surface area contributed by atoms with Crippen molar-refractivity contribution in [3.05, 3.63) is 28.3 Å². The molecule has 2 bridgehead atoms. The first-order valence-corrected chi connectivity index (χ1v) is 8.10. The van der Waals surface area contributed by atoms with E-state index in [1.165, 1.54) is 6.07 Å². The molecule has 3 aliphatic heterocycles. The third-order valence-electron chi connectivity index (χ3n) is 5.01. The molecule has 1 aromatic carbocycles. The van der Waals surface area contributed by atoms with Gasteiger partial charge in [-0.25, -0.2) is 13.7 Å². The molecule has 8 nitrogen and oxygen atoms in total. The number of rotatable bonds is 5. The fourth-order valence-corrected chi connectivity index (χ4v) is 4.01. The molecule has 0 aliphatic carbocycles. The van der Waals surface area contributed by atoms with E-state index in [4.69, 9.17) is 9.47 Å². The highest BCUT2D eigenvalue weighted by molar-refractivity contribution is 6.23. The lowest BCUT2D eigenvalue weighted by molar-refractivity contribution is -0.384. The number of hydrogen-bond acceptors (Lipinski definition) is 6. The Morgan fingerprint density at radius 1 is 1.19 bits per heavy atom. The molecule has 0 unspecified atom stereocenters. The number of hydrogen-bond donors (Lipinski definition) is 0. The van der Waals surface area contributed by atoms with Crippen LogP contribution in [0.25, 0.3) is 0 Å². The number of anilines is 1. The van der Waals surface area contributed by atoms with E-state index in [0.717, 1.165) is 17.0 Å². The molecule has 26 heavy (non-hydrogen) atoms. The largest absolute Gasteiger partial charge is 0.487 e. The number of imide groups is 1. The summed E-state index contributed by atoms with van der Waals surface area (Å²) in [5.74, 6) is -2.34. The highest BCUT2D eigenvalue weighted by Gasteiger charge is 2.62. The summed E-state index contributed by atoms with van der Waals surface area (Å²) in [7, 11) is 0. The van der Waals surface area contributed by atoms with Gasteiger partial charge in [-0.05, 0) is 12.8 Å². The SMILES string of the molecule is O=C1[C@H]2[C@H](C(=O)N1c1cc(OCC(F)F)cc([N+](=O)[O-])c1)[C@H]1CC[C@H]2O1. The molecular formula is C16H14F2N2O6. The number of nitrogens with zero attached hydrogens (tertiary/aromatic N) is 2. The Kier molecular flexibility index (Phi) is 3.87. The maximum atomic E-state index is 12.7. The predicted molar refractivity (Wildman–Crippen MR) is 82.0 cm³/mol. The van der Waals surface area contributed by atoms with Crippen LogP contribution in [0.15, 0.2) is 18.2 Å². The van der Waals surface area contributed by atoms with Crippen molar-refractivity contribution < 1.29 is 32.8 Å². The van der Waals surface area contributed by atoms with Gasteiger partial charge in [-0.2, -0.15) is 0 Å². The fraction of sp³-hybridized carbons (Fsp3) is 0.500. The van der Waals surface area contributed by atoms with Gasteiger partial charge in [0.25, 0.3) is 12.1 Å². The predicted octanol–water partition coefficient (Wildman–Crippen LogP) is 1.91. The Labute approximate surface area is 145 Å². The fourth-order valence-electron chi connectivity index (χ4n) is 4.01. The molecule has 4 atom stereocenters. The molecule has 0 N–H and O–H groups in total. The molecule has 1 aromatic rings. The van der Waals surface area contributed by atoms with Crippen molar-refractivity contribution in [3.8, 4) is 5.75 Å². The Hall–Kier alpha value is -2.62. The maximum absolute atomic E-state index is 12.7. The molecule has 0 aromatic heterocycles. The van der Waals surface area contributed by atoms with Gasteiger partial charge in [-0.3, -0.25) is 19.7 Å². The van der Waals surface area contributed by atoms with E-state index in [-0.39, 0.29) is 23.6 Å². The summed E-state index contributed by atoms with van der Waals surface area (Å²) in [6.07, 6.45) is -2.02. The Morgan fingerprint density at radius 2 is 1.81 bits per heavy atom. The van der Waals surface area contributed by atoms with Gasteiger partial charge in [0.1, 0.15) is 12.4 Å². The Balaban J connectivity index is 1.69. The molecule has 3 heterocycles. The number of alkyl halides is 2. The molecule has 2 amide bonds. The summed E-state index contributed by atoms with van der Waals surface area (Å²) in [5, 5.41) is 11.1. The van der Waals surface area contributed by atoms with Crippen LogP contribution in [0.5, 0.6) is 5.75 Å². The van der Waals surface area contributed by atoms with Gasteiger partial charge in [0, 0.05) is 12.1 Å². The van der Waals surface area contributed by atoms with Crippen LogP contribution in [0.3, 0.4) is 0 Å². The third kappa shape index (κ3) is 2.52. The van der Waals surface area contributed by atoms with Gasteiger partial charge in [0.15, 0.2) is 0 Å². The summed E-state index contributed by atoms with van der Waals surface area (Å²) >= 11 is 0. The molecule has 4 rings (SSSR count). The van der Waals surface area contributed by atoms with Crippen molar-refractivity contribution in [2.75, 3.05) is 11.5 Å². The maximum Gasteiger partial charge on any atom is 0.275 e. The number of benzene rings is 1. The summed E-state index contributed by atoms with van der Waals surface area (Å²) in [5.41, 5.74) is -0.504. The molecule has 10 heteroatoms. The lowest BCUT2D eigenvalue weighted by Crippen LogP contribution is -2.34. The van der Waals surface area contributed by atoms with Gasteiger partial charge in [-0.1, -0.05) is 0 Å². The average molecular weight is 368 g/mol. The summed E-state index contributed by atoms with van der Waals surface area (Å²) in [6, 6.07) is 3.23. The molecule has 0 saturated carbocycles. The van der Waals surface area contributed by atoms with Gasteiger partial charge < -0.3 is 9.47 Å². The highest BCUT2D eigenvalue weighted by Crippen LogP contribution is 2.49. The van der Waals surface area contributed by atoms with E-state index in [0.29, 0.717) is 12.8 Å². The quantitative estimate of drug-likeness (QED) is 0.447. The number of ether oxygens (including phenoxy) is 2. The second kappa shape index (κ2) is 5.97. The normalized spacial score (nSPS) is 29.6. The zero-order valence-electron chi connectivity index (χ0n) is 13.3. The van der Waals surface area contributed by atoms with Crippen LogP contribution >= 0.6 is 0 Å². The zero-order valence-corrected chi connectivity index (χ0v) is 13.3. The monoisotopic (exact) mass is 368 g/mol. The van der Waals surface area contributed by atoms with Crippen LogP contribution in [-0.4, -0.2) is 42.0 Å². The number of nitro benzene ring substituents is 1. The number of fused-ring (bicyclic) bond motifs is 5. The number of halogens is 2. The van der Waals surface area contributed by atoms with E-state index < -0.39 is 47.3 Å². The molecule has 138 valence electrons. The standard InChI is InChI=1S/C16H14F2N2O6/c17-12(18)6-25-9-4-7(3-8(5-9)20(23)24)19-15(21)13-10-1-2-11(26-10)14(13)16(19)22/h3-5,10-14H,1-2,6H2/t10-,11-,13-,14-/m1/s1. The lowest BCUT2D eigenvalue weighted by atomic mass is 9.81. The minimum absolute atomic E-state index is 0.0488. The molecule has 0 spiro atoms. The number of amides is 2. The van der Waals surface area contributed by atoms with Crippen LogP contribution in [0, 0.1) is 22.0 Å². The van der Waals surface area contributed by atoms with Crippen molar-refractivity contribution in [1.82, 2.24) is 0 Å². The van der Waals surface area contributed by atoms with Crippen molar-refractivity contribution in [2.45, 2.75) is 31.5 Å². The van der Waals surface area contributed by atoms with E-state index >= 15 is 0 Å². The topological polar surface area (TPSA) is 99.0 Å². The zero-order chi connectivity index (χ0) is 18.6. The van der Waals surface area contributed by atoms with Gasteiger partial charge in [-0.15, -0.1) is 0 Å². The Morgan fingerprint density at radius 3 is 2.35 bits per heavy atom.